The number of benzene rings is 1. The van der Waals surface area contributed by atoms with Crippen molar-refractivity contribution in [1.29, 1.82) is 0 Å². The van der Waals surface area contributed by atoms with E-state index in [1.54, 1.807) is 0 Å². The van der Waals surface area contributed by atoms with Crippen LogP contribution in [0.4, 0.5) is 0 Å². The van der Waals surface area contributed by atoms with Crippen LogP contribution in [0, 0.1) is 6.92 Å². The highest BCUT2D eigenvalue weighted by atomic mass is 127. The zero-order chi connectivity index (χ0) is 18.4. The van der Waals surface area contributed by atoms with Gasteiger partial charge in [0.25, 0.3) is 0 Å². The predicted molar refractivity (Wildman–Crippen MR) is 127 cm³/mol. The minimum absolute atomic E-state index is 0. The number of halogens is 1. The lowest BCUT2D eigenvalue weighted by Gasteiger charge is -2.17. The van der Waals surface area contributed by atoms with E-state index in [-0.39, 0.29) is 24.0 Å². The van der Waals surface area contributed by atoms with Crippen LogP contribution in [0.3, 0.4) is 0 Å². The third-order valence-corrected chi connectivity index (χ3v) is 5.18. The number of thiophene rings is 1. The molecule has 2 heterocycles. The first-order valence-electron chi connectivity index (χ1n) is 9.08. The van der Waals surface area contributed by atoms with Gasteiger partial charge in [-0.05, 0) is 44.5 Å². The van der Waals surface area contributed by atoms with Crippen molar-refractivity contribution < 1.29 is 0 Å². The molecule has 1 aromatic carbocycles. The summed E-state index contributed by atoms with van der Waals surface area (Å²) in [5.41, 5.74) is 2.17. The Hall–Kier alpha value is -1.67. The number of aliphatic imine (C=N–C) groups is 1. The molecule has 3 aromatic rings. The quantitative estimate of drug-likeness (QED) is 0.291. The van der Waals surface area contributed by atoms with Crippen molar-refractivity contribution >= 4 is 52.2 Å². The molecule has 144 valence electrons. The van der Waals surface area contributed by atoms with E-state index in [1.165, 1.54) is 9.75 Å². The average molecular weight is 494 g/mol. The lowest BCUT2D eigenvalue weighted by Crippen LogP contribution is -2.43. The first-order chi connectivity index (χ1) is 12.7. The zero-order valence-corrected chi connectivity index (χ0v) is 19.2. The first-order valence-corrected chi connectivity index (χ1v) is 9.90. The monoisotopic (exact) mass is 494 g/mol. The van der Waals surface area contributed by atoms with Crippen LogP contribution in [-0.2, 0) is 13.0 Å². The van der Waals surface area contributed by atoms with Gasteiger partial charge in [-0.3, -0.25) is 4.98 Å². The van der Waals surface area contributed by atoms with E-state index in [2.05, 4.69) is 72.8 Å². The standard InChI is InChI=1S/C21H26N4S.HI/c1-4-22-21(25-15(2)13-19-11-10-16(3)26-19)24-14-18-8-5-7-17-9-6-12-23-20(17)18;/h5-12,15H,4,13-14H2,1-3H3,(H2,22,24,25);1H. The Morgan fingerprint density at radius 2 is 2.00 bits per heavy atom. The highest BCUT2D eigenvalue weighted by Gasteiger charge is 2.08. The maximum absolute atomic E-state index is 4.78. The van der Waals surface area contributed by atoms with Gasteiger partial charge in [0.2, 0.25) is 0 Å². The number of nitrogens with zero attached hydrogens (tertiary/aromatic N) is 2. The second-order valence-electron chi connectivity index (χ2n) is 6.45. The molecule has 0 aliphatic heterocycles. The lowest BCUT2D eigenvalue weighted by molar-refractivity contribution is 0.645. The van der Waals surface area contributed by atoms with Gasteiger partial charge < -0.3 is 10.6 Å². The van der Waals surface area contributed by atoms with Gasteiger partial charge in [-0.2, -0.15) is 0 Å². The van der Waals surface area contributed by atoms with Crippen molar-refractivity contribution in [2.45, 2.75) is 39.8 Å². The lowest BCUT2D eigenvalue weighted by atomic mass is 10.1. The smallest absolute Gasteiger partial charge is 0.191 e. The highest BCUT2D eigenvalue weighted by molar-refractivity contribution is 14.0. The fourth-order valence-electron chi connectivity index (χ4n) is 2.96. The van der Waals surface area contributed by atoms with Crippen LogP contribution in [0.5, 0.6) is 0 Å². The van der Waals surface area contributed by atoms with E-state index >= 15 is 0 Å². The van der Waals surface area contributed by atoms with Crippen molar-refractivity contribution in [2.24, 2.45) is 4.99 Å². The third kappa shape index (κ3) is 6.17. The van der Waals surface area contributed by atoms with Crippen LogP contribution in [0.15, 0.2) is 53.7 Å². The fraction of sp³-hybridized carbons (Fsp3) is 0.333. The molecule has 0 saturated carbocycles. The summed E-state index contributed by atoms with van der Waals surface area (Å²) >= 11 is 1.86. The number of pyridine rings is 1. The van der Waals surface area contributed by atoms with Crippen LogP contribution in [0.25, 0.3) is 10.9 Å². The van der Waals surface area contributed by atoms with Crippen molar-refractivity contribution in [2.75, 3.05) is 6.54 Å². The summed E-state index contributed by atoms with van der Waals surface area (Å²) in [5.74, 6) is 0.848. The summed E-state index contributed by atoms with van der Waals surface area (Å²) in [7, 11) is 0. The van der Waals surface area contributed by atoms with Gasteiger partial charge in [0.15, 0.2) is 5.96 Å². The van der Waals surface area contributed by atoms with E-state index in [9.17, 15) is 0 Å². The average Bonchev–Trinajstić information content (AvgIpc) is 3.04. The maximum atomic E-state index is 4.78. The number of nitrogens with one attached hydrogen (secondary N) is 2. The normalized spacial score (nSPS) is 12.5. The van der Waals surface area contributed by atoms with Crippen LogP contribution in [0.2, 0.25) is 0 Å². The number of hydrogen-bond donors (Lipinski definition) is 2. The Labute approximate surface area is 182 Å². The summed E-state index contributed by atoms with van der Waals surface area (Å²) in [6.45, 7) is 7.88. The second kappa shape index (κ2) is 10.6. The molecule has 1 atom stereocenters. The summed E-state index contributed by atoms with van der Waals surface area (Å²) < 4.78 is 0. The topological polar surface area (TPSA) is 49.3 Å². The molecule has 2 N–H and O–H groups in total. The molecule has 0 spiro atoms. The number of para-hydroxylation sites is 1. The van der Waals surface area contributed by atoms with Gasteiger partial charge in [0.1, 0.15) is 0 Å². The van der Waals surface area contributed by atoms with E-state index in [0.717, 1.165) is 35.4 Å². The Kier molecular flexibility index (Phi) is 8.50. The van der Waals surface area contributed by atoms with Crippen molar-refractivity contribution in [3.8, 4) is 0 Å². The molecule has 0 aliphatic carbocycles. The first kappa shape index (κ1) is 21.6. The van der Waals surface area contributed by atoms with Crippen LogP contribution >= 0.6 is 35.3 Å². The molecule has 0 fully saturated rings. The predicted octanol–water partition coefficient (Wildman–Crippen LogP) is 4.91. The number of aryl methyl sites for hydroxylation is 1. The van der Waals surface area contributed by atoms with Gasteiger partial charge in [0, 0.05) is 40.3 Å². The second-order valence-corrected chi connectivity index (χ2v) is 7.82. The Bertz CT molecular complexity index is 885. The summed E-state index contributed by atoms with van der Waals surface area (Å²) in [5, 5.41) is 8.02. The molecule has 0 aliphatic rings. The summed E-state index contributed by atoms with van der Waals surface area (Å²) in [6.07, 6.45) is 2.84. The fourth-order valence-corrected chi connectivity index (χ4v) is 3.98. The highest BCUT2D eigenvalue weighted by Crippen LogP contribution is 2.17. The minimum atomic E-state index is 0. The third-order valence-electron chi connectivity index (χ3n) is 4.15. The van der Waals surface area contributed by atoms with Crippen LogP contribution < -0.4 is 10.6 Å². The van der Waals surface area contributed by atoms with E-state index in [0.29, 0.717) is 12.6 Å². The molecule has 1 unspecified atom stereocenters. The van der Waals surface area contributed by atoms with Gasteiger partial charge >= 0.3 is 0 Å². The number of rotatable bonds is 6. The summed E-state index contributed by atoms with van der Waals surface area (Å²) in [4.78, 5) is 12.1. The number of aromatic nitrogens is 1. The van der Waals surface area contributed by atoms with Gasteiger partial charge in [-0.25, -0.2) is 4.99 Å². The maximum Gasteiger partial charge on any atom is 0.191 e. The molecular formula is C21H27IN4S. The van der Waals surface area contributed by atoms with Gasteiger partial charge in [0.05, 0.1) is 12.1 Å². The Balaban J connectivity index is 0.00000261. The molecular weight excluding hydrogens is 467 g/mol. The van der Waals surface area contributed by atoms with Crippen molar-refractivity contribution in [3.05, 3.63) is 64.0 Å². The Morgan fingerprint density at radius 3 is 2.74 bits per heavy atom. The number of fused-ring (bicyclic) bond motifs is 1. The SMILES string of the molecule is CCNC(=NCc1cccc2cccnc12)NC(C)Cc1ccc(C)s1.I. The molecule has 27 heavy (non-hydrogen) atoms. The zero-order valence-electron chi connectivity index (χ0n) is 16.0. The van der Waals surface area contributed by atoms with Gasteiger partial charge in [-0.1, -0.05) is 24.3 Å². The molecule has 0 bridgehead atoms. The van der Waals surface area contributed by atoms with Gasteiger partial charge in [-0.15, -0.1) is 35.3 Å². The summed E-state index contributed by atoms with van der Waals surface area (Å²) in [6, 6.07) is 15.0. The largest absolute Gasteiger partial charge is 0.357 e. The molecule has 4 nitrogen and oxygen atoms in total. The van der Waals surface area contributed by atoms with Crippen LogP contribution in [0.1, 0.15) is 29.2 Å². The Morgan fingerprint density at radius 1 is 1.19 bits per heavy atom. The molecule has 2 aromatic heterocycles. The molecule has 0 amide bonds. The molecule has 0 saturated heterocycles. The van der Waals surface area contributed by atoms with Crippen molar-refractivity contribution in [1.82, 2.24) is 15.6 Å². The van der Waals surface area contributed by atoms with Crippen LogP contribution in [-0.4, -0.2) is 23.5 Å². The van der Waals surface area contributed by atoms with E-state index in [1.807, 2.05) is 23.6 Å². The molecule has 0 radical (unpaired) electrons. The number of guanidine groups is 1. The van der Waals surface area contributed by atoms with Crippen molar-refractivity contribution in [3.63, 3.8) is 0 Å². The molecule has 6 heteroatoms. The number of hydrogen-bond acceptors (Lipinski definition) is 3. The molecule has 3 rings (SSSR count). The van der Waals surface area contributed by atoms with E-state index < -0.39 is 0 Å². The minimum Gasteiger partial charge on any atom is -0.357 e. The van der Waals surface area contributed by atoms with E-state index in [4.69, 9.17) is 4.99 Å².